The molecule has 4 aromatic rings. The Morgan fingerprint density at radius 3 is 2.27 bits per heavy atom. The first-order chi connectivity index (χ1) is 21.1. The number of nitrogens with one attached hydrogen (secondary N) is 2. The molecule has 0 saturated heterocycles. The molecule has 1 fully saturated rings. The molecule has 2 unspecified atom stereocenters. The van der Waals surface area contributed by atoms with Crippen LogP contribution in [0.25, 0.3) is 10.1 Å². The van der Waals surface area contributed by atoms with Crippen molar-refractivity contribution in [3.05, 3.63) is 87.8 Å². The summed E-state index contributed by atoms with van der Waals surface area (Å²) in [5, 5.41) is 6.87. The van der Waals surface area contributed by atoms with Gasteiger partial charge in [0.1, 0.15) is 17.0 Å². The van der Waals surface area contributed by atoms with Crippen LogP contribution in [-0.2, 0) is 15.1 Å². The number of ketones is 1. The summed E-state index contributed by atoms with van der Waals surface area (Å²) in [6, 6.07) is 17.4. The number of para-hydroxylation sites is 1. The second-order valence-electron chi connectivity index (χ2n) is 11.7. The second-order valence-corrected chi connectivity index (χ2v) is 12.8. The number of carbonyl (C=O) groups is 3. The molecule has 0 spiro atoms. The van der Waals surface area contributed by atoms with Crippen molar-refractivity contribution >= 4 is 44.7 Å². The summed E-state index contributed by atoms with van der Waals surface area (Å²) < 4.78 is 6.69. The van der Waals surface area contributed by atoms with Gasteiger partial charge in [-0.1, -0.05) is 37.3 Å². The molecule has 2 amide bonds. The number of carbonyl (C=O) groups excluding carboxylic acids is 3. The fraction of sp³-hybridized carbons (Fsp3) is 0.324. The Morgan fingerprint density at radius 1 is 0.955 bits per heavy atom. The number of hydrogen-bond acceptors (Lipinski definition) is 8. The maximum absolute atomic E-state index is 14.2. The third-order valence-corrected chi connectivity index (χ3v) is 10.1. The average Bonchev–Trinajstić information content (AvgIpc) is 3.43. The minimum Gasteiger partial charge on any atom is -0.457 e. The van der Waals surface area contributed by atoms with Gasteiger partial charge in [0.05, 0.1) is 15.6 Å². The van der Waals surface area contributed by atoms with E-state index in [0.717, 1.165) is 31.2 Å². The van der Waals surface area contributed by atoms with Crippen molar-refractivity contribution in [3.63, 3.8) is 0 Å². The van der Waals surface area contributed by atoms with Crippen LogP contribution in [0.1, 0.15) is 77.0 Å². The Hall–Kier alpha value is -4.25. The van der Waals surface area contributed by atoms with Crippen molar-refractivity contribution in [1.82, 2.24) is 10.6 Å². The molecule has 228 valence electrons. The van der Waals surface area contributed by atoms with Crippen molar-refractivity contribution in [2.45, 2.75) is 69.6 Å². The van der Waals surface area contributed by atoms with Crippen LogP contribution < -0.4 is 32.6 Å². The van der Waals surface area contributed by atoms with Crippen LogP contribution in [0.2, 0.25) is 0 Å². The maximum atomic E-state index is 14.2. The van der Waals surface area contributed by atoms with Crippen LogP contribution in [0.4, 0.5) is 5.69 Å². The molecule has 3 aromatic carbocycles. The van der Waals surface area contributed by atoms with Gasteiger partial charge in [-0.3, -0.25) is 14.4 Å². The number of hydrogen-bond donors (Lipinski definition) is 5. The Balaban J connectivity index is 1.33. The first-order valence-corrected chi connectivity index (χ1v) is 15.8. The molecule has 9 nitrogen and oxygen atoms in total. The summed E-state index contributed by atoms with van der Waals surface area (Å²) >= 11 is 1.25. The third-order valence-electron chi connectivity index (χ3n) is 8.87. The van der Waals surface area contributed by atoms with E-state index in [4.69, 9.17) is 21.9 Å². The molecule has 0 radical (unpaired) electrons. The van der Waals surface area contributed by atoms with Crippen LogP contribution >= 0.6 is 11.3 Å². The van der Waals surface area contributed by atoms with Gasteiger partial charge in [0.25, 0.3) is 5.91 Å². The summed E-state index contributed by atoms with van der Waals surface area (Å²) in [4.78, 5) is 40.1. The molecule has 44 heavy (non-hydrogen) atoms. The molecule has 2 atom stereocenters. The van der Waals surface area contributed by atoms with Gasteiger partial charge in [-0.15, -0.1) is 11.3 Å². The van der Waals surface area contributed by atoms with E-state index in [1.807, 2.05) is 56.3 Å². The highest BCUT2D eigenvalue weighted by molar-refractivity contribution is 7.21. The monoisotopic (exact) mass is 611 g/mol. The lowest BCUT2D eigenvalue weighted by molar-refractivity contribution is -0.125. The molecular formula is C34H37N5O4S. The number of nitrogen functional groups attached to an aromatic ring is 1. The normalized spacial score (nSPS) is 22.9. The smallest absolute Gasteiger partial charge is 0.261 e. The molecule has 10 heteroatoms. The van der Waals surface area contributed by atoms with Crippen LogP contribution in [0.5, 0.6) is 11.5 Å². The minimum absolute atomic E-state index is 0.0385. The lowest BCUT2D eigenvalue weighted by atomic mass is 9.69. The fourth-order valence-electron chi connectivity index (χ4n) is 6.56. The van der Waals surface area contributed by atoms with E-state index in [9.17, 15) is 14.4 Å². The molecule has 2 aliphatic rings. The molecule has 8 N–H and O–H groups in total. The number of thiophene rings is 1. The van der Waals surface area contributed by atoms with E-state index in [1.54, 1.807) is 18.2 Å². The van der Waals surface area contributed by atoms with E-state index in [1.165, 1.54) is 11.3 Å². The fourth-order valence-corrected chi connectivity index (χ4v) is 7.76. The van der Waals surface area contributed by atoms with Gasteiger partial charge in [0.2, 0.25) is 5.91 Å². The van der Waals surface area contributed by atoms with Crippen molar-refractivity contribution in [2.24, 2.45) is 11.5 Å². The van der Waals surface area contributed by atoms with Crippen LogP contribution in [0, 0.1) is 6.92 Å². The molecule has 1 heterocycles. The first-order valence-electron chi connectivity index (χ1n) is 15.0. The molecule has 1 saturated carbocycles. The molecular weight excluding hydrogens is 574 g/mol. The molecule has 6 rings (SSSR count). The number of Topliss-reactive ketones (excluding diaryl/α,β-unsaturated/α-hetero) is 1. The van der Waals surface area contributed by atoms with E-state index in [0.29, 0.717) is 55.3 Å². The first kappa shape index (κ1) is 29.8. The highest BCUT2D eigenvalue weighted by atomic mass is 32.1. The van der Waals surface area contributed by atoms with Gasteiger partial charge < -0.3 is 32.6 Å². The van der Waals surface area contributed by atoms with Gasteiger partial charge in [-0.05, 0) is 79.6 Å². The largest absolute Gasteiger partial charge is 0.457 e. The number of anilines is 1. The van der Waals surface area contributed by atoms with Crippen molar-refractivity contribution in [1.29, 1.82) is 0 Å². The summed E-state index contributed by atoms with van der Waals surface area (Å²) in [5.74, 6) is 0.683. The Labute approximate surface area is 260 Å². The Kier molecular flexibility index (Phi) is 7.91. The summed E-state index contributed by atoms with van der Waals surface area (Å²) in [7, 11) is 0. The van der Waals surface area contributed by atoms with E-state index in [2.05, 4.69) is 10.6 Å². The number of ether oxygens (including phenoxy) is 1. The SMILES string of the molecule is CCC(=O)NC1CCC(NC(=O)c2sc3c(N)ccc4c3c2C(N)C(=O)C4(N)c2ccc(Oc3ccccc3)cc2C)CC1. The molecule has 1 aromatic heterocycles. The second kappa shape index (κ2) is 11.7. The summed E-state index contributed by atoms with van der Waals surface area (Å²) in [6.45, 7) is 3.72. The number of aryl methyl sites for hydroxylation is 1. The molecule has 2 aliphatic carbocycles. The van der Waals surface area contributed by atoms with Gasteiger partial charge in [-0.2, -0.15) is 0 Å². The quantitative estimate of drug-likeness (QED) is 0.185. The topological polar surface area (TPSA) is 163 Å². The zero-order valence-electron chi connectivity index (χ0n) is 24.8. The van der Waals surface area contributed by atoms with Crippen LogP contribution in [-0.4, -0.2) is 29.7 Å². The standard InChI is InChI=1S/C34H37N5O4S/c1-3-26(40)38-19-9-11-20(12-10-19)39-33(42)31-28-27-24(15-16-25(35)30(27)44-31)34(37,32(41)29(28)36)23-14-13-22(17-18(23)2)43-21-7-5-4-6-8-21/h4-8,13-17,19-20,29H,3,9-12,35-37H2,1-2H3,(H,38,40)(H,39,42). The lowest BCUT2D eigenvalue weighted by Crippen LogP contribution is -2.53. The van der Waals surface area contributed by atoms with Gasteiger partial charge in [-0.25, -0.2) is 0 Å². The maximum Gasteiger partial charge on any atom is 0.261 e. The highest BCUT2D eigenvalue weighted by Crippen LogP contribution is 2.50. The minimum atomic E-state index is -1.55. The molecule has 0 aliphatic heterocycles. The average molecular weight is 612 g/mol. The number of amides is 2. The zero-order valence-corrected chi connectivity index (χ0v) is 25.6. The van der Waals surface area contributed by atoms with Crippen molar-refractivity contribution < 1.29 is 19.1 Å². The molecule has 0 bridgehead atoms. The van der Waals surface area contributed by atoms with Crippen LogP contribution in [0.3, 0.4) is 0 Å². The number of benzene rings is 3. The zero-order chi connectivity index (χ0) is 31.2. The summed E-state index contributed by atoms with van der Waals surface area (Å²) in [6.07, 6.45) is 3.51. The van der Waals surface area contributed by atoms with Crippen molar-refractivity contribution in [2.75, 3.05) is 5.73 Å². The van der Waals surface area contributed by atoms with Crippen molar-refractivity contribution in [3.8, 4) is 11.5 Å². The number of rotatable bonds is 7. The van der Waals surface area contributed by atoms with Gasteiger partial charge >= 0.3 is 0 Å². The highest BCUT2D eigenvalue weighted by Gasteiger charge is 2.49. The number of nitrogens with two attached hydrogens (primary N) is 3. The van der Waals surface area contributed by atoms with Gasteiger partial charge in [0.15, 0.2) is 5.78 Å². The van der Waals surface area contributed by atoms with Gasteiger partial charge in [0, 0.05) is 35.1 Å². The predicted molar refractivity (Wildman–Crippen MR) is 173 cm³/mol. The van der Waals surface area contributed by atoms with E-state index >= 15 is 0 Å². The van der Waals surface area contributed by atoms with Crippen LogP contribution in [0.15, 0.2) is 60.7 Å². The Bertz CT molecular complexity index is 1760. The summed E-state index contributed by atoms with van der Waals surface area (Å²) in [5.41, 5.74) is 21.6. The lowest BCUT2D eigenvalue weighted by Gasteiger charge is -2.37. The van der Waals surface area contributed by atoms with E-state index in [-0.39, 0.29) is 23.9 Å². The third kappa shape index (κ3) is 5.12. The Morgan fingerprint density at radius 2 is 1.61 bits per heavy atom. The predicted octanol–water partition coefficient (Wildman–Crippen LogP) is 4.94. The van der Waals surface area contributed by atoms with E-state index < -0.39 is 17.4 Å².